The van der Waals surface area contributed by atoms with E-state index in [1.807, 2.05) is 0 Å². The minimum atomic E-state index is -0.900. The molecule has 6 nitrogen and oxygen atoms in total. The molecule has 1 aromatic carbocycles. The number of benzene rings is 1. The first-order valence-electron chi connectivity index (χ1n) is 6.08. The lowest BCUT2D eigenvalue weighted by Gasteiger charge is -2.16. The number of hydrogen-bond acceptors (Lipinski definition) is 5. The molecule has 2 rings (SSSR count). The van der Waals surface area contributed by atoms with Gasteiger partial charge in [0.1, 0.15) is 17.6 Å². The van der Waals surface area contributed by atoms with Crippen molar-refractivity contribution in [1.29, 1.82) is 0 Å². The first-order valence-corrected chi connectivity index (χ1v) is 6.08. The SMILES string of the molecule is COc1ccc(C(O)Cn2ncccc2=O)c(OC)c1. The highest BCUT2D eigenvalue weighted by Gasteiger charge is 2.15. The highest BCUT2D eigenvalue weighted by atomic mass is 16.5. The molecule has 2 aromatic rings. The molecule has 106 valence electrons. The lowest BCUT2D eigenvalue weighted by Crippen LogP contribution is -2.24. The Kier molecular flexibility index (Phi) is 4.37. The number of ether oxygens (including phenoxy) is 2. The van der Waals surface area contributed by atoms with E-state index in [0.29, 0.717) is 17.1 Å². The molecule has 1 aromatic heterocycles. The maximum atomic E-state index is 11.6. The summed E-state index contributed by atoms with van der Waals surface area (Å²) in [5.74, 6) is 1.13. The molecule has 0 aliphatic heterocycles. The molecule has 1 unspecified atom stereocenters. The molecule has 0 aliphatic rings. The van der Waals surface area contributed by atoms with Crippen LogP contribution >= 0.6 is 0 Å². The lowest BCUT2D eigenvalue weighted by molar-refractivity contribution is 0.145. The minimum Gasteiger partial charge on any atom is -0.497 e. The van der Waals surface area contributed by atoms with Gasteiger partial charge in [0.25, 0.3) is 5.56 Å². The van der Waals surface area contributed by atoms with Crippen LogP contribution in [-0.2, 0) is 6.54 Å². The van der Waals surface area contributed by atoms with Crippen LogP contribution in [0.5, 0.6) is 11.5 Å². The molecule has 0 fully saturated rings. The molecule has 0 aliphatic carbocycles. The molecule has 0 saturated carbocycles. The fourth-order valence-electron chi connectivity index (χ4n) is 1.88. The number of nitrogens with zero attached hydrogens (tertiary/aromatic N) is 2. The number of rotatable bonds is 5. The molecule has 0 amide bonds. The molecule has 0 saturated heterocycles. The van der Waals surface area contributed by atoms with Crippen molar-refractivity contribution in [2.75, 3.05) is 14.2 Å². The summed E-state index contributed by atoms with van der Waals surface area (Å²) in [5, 5.41) is 14.2. The summed E-state index contributed by atoms with van der Waals surface area (Å²) in [6, 6.07) is 8.06. The van der Waals surface area contributed by atoms with Crippen molar-refractivity contribution in [3.05, 3.63) is 52.4 Å². The van der Waals surface area contributed by atoms with Crippen LogP contribution in [0.15, 0.2) is 41.3 Å². The standard InChI is InChI=1S/C14H16N2O4/c1-19-10-5-6-11(13(8-10)20-2)12(17)9-16-14(18)4-3-7-15-16/h3-8,12,17H,9H2,1-2H3. The number of methoxy groups -OCH3 is 2. The van der Waals surface area contributed by atoms with Crippen LogP contribution in [0.2, 0.25) is 0 Å². The summed E-state index contributed by atoms with van der Waals surface area (Å²) in [6.45, 7) is 0.0579. The summed E-state index contributed by atoms with van der Waals surface area (Å²) in [7, 11) is 3.07. The van der Waals surface area contributed by atoms with Gasteiger partial charge in [0, 0.05) is 23.9 Å². The summed E-state index contributed by atoms with van der Waals surface area (Å²) >= 11 is 0. The Morgan fingerprint density at radius 2 is 2.10 bits per heavy atom. The van der Waals surface area contributed by atoms with E-state index >= 15 is 0 Å². The zero-order valence-corrected chi connectivity index (χ0v) is 11.3. The maximum Gasteiger partial charge on any atom is 0.266 e. The molecular formula is C14H16N2O4. The summed E-state index contributed by atoms with van der Waals surface area (Å²) in [4.78, 5) is 11.6. The van der Waals surface area contributed by atoms with Crippen LogP contribution in [0.4, 0.5) is 0 Å². The van der Waals surface area contributed by atoms with Gasteiger partial charge in [0.15, 0.2) is 0 Å². The molecule has 0 bridgehead atoms. The van der Waals surface area contributed by atoms with Gasteiger partial charge in [-0.05, 0) is 18.2 Å². The van der Waals surface area contributed by atoms with E-state index in [9.17, 15) is 9.90 Å². The van der Waals surface area contributed by atoms with Gasteiger partial charge in [-0.3, -0.25) is 4.79 Å². The van der Waals surface area contributed by atoms with Crippen molar-refractivity contribution in [2.24, 2.45) is 0 Å². The molecule has 20 heavy (non-hydrogen) atoms. The second-order valence-electron chi connectivity index (χ2n) is 4.17. The smallest absolute Gasteiger partial charge is 0.266 e. The van der Waals surface area contributed by atoms with Crippen molar-refractivity contribution >= 4 is 0 Å². The second kappa shape index (κ2) is 6.21. The monoisotopic (exact) mass is 276 g/mol. The summed E-state index contributed by atoms with van der Waals surface area (Å²) < 4.78 is 11.5. The predicted molar refractivity (Wildman–Crippen MR) is 73.0 cm³/mol. The van der Waals surface area contributed by atoms with E-state index in [-0.39, 0.29) is 12.1 Å². The third kappa shape index (κ3) is 2.97. The van der Waals surface area contributed by atoms with E-state index in [2.05, 4.69) is 5.10 Å². The molecule has 1 atom stereocenters. The maximum absolute atomic E-state index is 11.6. The number of aliphatic hydroxyl groups excluding tert-OH is 1. The van der Waals surface area contributed by atoms with Crippen LogP contribution in [-0.4, -0.2) is 29.1 Å². The Bertz CT molecular complexity index is 639. The van der Waals surface area contributed by atoms with Crippen molar-refractivity contribution in [3.8, 4) is 11.5 Å². The Hall–Kier alpha value is -2.34. The fraction of sp³-hybridized carbons (Fsp3) is 0.286. The molecular weight excluding hydrogens is 260 g/mol. The van der Waals surface area contributed by atoms with E-state index in [1.54, 1.807) is 31.4 Å². The molecule has 0 spiro atoms. The predicted octanol–water partition coefficient (Wildman–Crippen LogP) is 0.994. The van der Waals surface area contributed by atoms with Gasteiger partial charge < -0.3 is 14.6 Å². The van der Waals surface area contributed by atoms with Gasteiger partial charge >= 0.3 is 0 Å². The van der Waals surface area contributed by atoms with Gasteiger partial charge in [-0.2, -0.15) is 5.10 Å². The average Bonchev–Trinajstić information content (AvgIpc) is 2.48. The van der Waals surface area contributed by atoms with E-state index in [0.717, 1.165) is 0 Å². The topological polar surface area (TPSA) is 73.6 Å². The largest absolute Gasteiger partial charge is 0.497 e. The Balaban J connectivity index is 2.27. The Morgan fingerprint density at radius 1 is 1.30 bits per heavy atom. The molecule has 1 heterocycles. The second-order valence-corrected chi connectivity index (χ2v) is 4.17. The van der Waals surface area contributed by atoms with Gasteiger partial charge in [-0.1, -0.05) is 0 Å². The van der Waals surface area contributed by atoms with Gasteiger partial charge in [0.2, 0.25) is 0 Å². The number of aromatic nitrogens is 2. The van der Waals surface area contributed by atoms with Crippen LogP contribution < -0.4 is 15.0 Å². The van der Waals surface area contributed by atoms with Crippen molar-refractivity contribution < 1.29 is 14.6 Å². The first kappa shape index (κ1) is 14.1. The van der Waals surface area contributed by atoms with Crippen LogP contribution in [0.3, 0.4) is 0 Å². The zero-order valence-electron chi connectivity index (χ0n) is 11.3. The molecule has 1 N–H and O–H groups in total. The van der Waals surface area contributed by atoms with E-state index in [1.165, 1.54) is 24.1 Å². The number of hydrogen-bond donors (Lipinski definition) is 1. The van der Waals surface area contributed by atoms with Crippen molar-refractivity contribution in [3.63, 3.8) is 0 Å². The average molecular weight is 276 g/mol. The quantitative estimate of drug-likeness (QED) is 0.881. The van der Waals surface area contributed by atoms with Crippen molar-refractivity contribution in [2.45, 2.75) is 12.6 Å². The highest BCUT2D eigenvalue weighted by Crippen LogP contribution is 2.29. The van der Waals surface area contributed by atoms with Crippen LogP contribution in [0.1, 0.15) is 11.7 Å². The van der Waals surface area contributed by atoms with Crippen LogP contribution in [0, 0.1) is 0 Å². The third-order valence-electron chi connectivity index (χ3n) is 2.93. The molecule has 6 heteroatoms. The zero-order chi connectivity index (χ0) is 14.5. The van der Waals surface area contributed by atoms with Gasteiger partial charge in [0.05, 0.1) is 20.8 Å². The first-order chi connectivity index (χ1) is 9.65. The van der Waals surface area contributed by atoms with Crippen LogP contribution in [0.25, 0.3) is 0 Å². The van der Waals surface area contributed by atoms with E-state index in [4.69, 9.17) is 9.47 Å². The highest BCUT2D eigenvalue weighted by molar-refractivity contribution is 5.41. The number of aliphatic hydroxyl groups is 1. The Labute approximate surface area is 116 Å². The fourth-order valence-corrected chi connectivity index (χ4v) is 1.88. The Morgan fingerprint density at radius 3 is 2.75 bits per heavy atom. The lowest BCUT2D eigenvalue weighted by atomic mass is 10.1. The van der Waals surface area contributed by atoms with Crippen molar-refractivity contribution in [1.82, 2.24) is 9.78 Å². The normalized spacial score (nSPS) is 11.9. The summed E-state index contributed by atoms with van der Waals surface area (Å²) in [6.07, 6.45) is 0.600. The summed E-state index contributed by atoms with van der Waals surface area (Å²) in [5.41, 5.74) is 0.310. The van der Waals surface area contributed by atoms with Gasteiger partial charge in [-0.25, -0.2) is 4.68 Å². The van der Waals surface area contributed by atoms with Gasteiger partial charge in [-0.15, -0.1) is 0 Å². The minimum absolute atomic E-state index is 0.0579. The van der Waals surface area contributed by atoms with E-state index < -0.39 is 6.10 Å². The third-order valence-corrected chi connectivity index (χ3v) is 2.93. The molecule has 0 radical (unpaired) electrons.